The highest BCUT2D eigenvalue weighted by Gasteiger charge is 2.20. The van der Waals surface area contributed by atoms with Crippen LogP contribution in [0, 0.1) is 0 Å². The number of unbranched alkanes of at least 4 members (excludes halogenated alkanes) is 1. The van der Waals surface area contributed by atoms with Crippen LogP contribution in [0.4, 0.5) is 5.69 Å². The molecule has 0 saturated carbocycles. The maximum absolute atomic E-state index is 11.3. The lowest BCUT2D eigenvalue weighted by atomic mass is 10.2. The summed E-state index contributed by atoms with van der Waals surface area (Å²) in [6.07, 6.45) is 3.05. The van der Waals surface area contributed by atoms with E-state index in [4.69, 9.17) is 9.66 Å². The van der Waals surface area contributed by atoms with Crippen LogP contribution < -0.4 is 10.0 Å². The fourth-order valence-corrected chi connectivity index (χ4v) is 3.51. The molecule has 2 N–H and O–H groups in total. The van der Waals surface area contributed by atoms with E-state index >= 15 is 0 Å². The van der Waals surface area contributed by atoms with Gasteiger partial charge in [0.05, 0.1) is 11.4 Å². The number of hydrogen-bond acceptors (Lipinski definition) is 7. The highest BCUT2D eigenvalue weighted by molar-refractivity contribution is 7.89. The maximum atomic E-state index is 11.3. The van der Waals surface area contributed by atoms with Crippen molar-refractivity contribution in [1.82, 2.24) is 15.0 Å². The second kappa shape index (κ2) is 8.15. The predicted octanol–water partition coefficient (Wildman–Crippen LogP) is 1.38. The first-order valence-corrected chi connectivity index (χ1v) is 10.4. The number of hydrogen-bond donors (Lipinski definition) is 1. The summed E-state index contributed by atoms with van der Waals surface area (Å²) in [6.45, 7) is 6.27. The van der Waals surface area contributed by atoms with E-state index in [1.165, 1.54) is 0 Å². The number of piperazine rings is 1. The van der Waals surface area contributed by atoms with E-state index in [9.17, 15) is 8.42 Å². The van der Waals surface area contributed by atoms with Crippen molar-refractivity contribution in [2.24, 2.45) is 5.14 Å². The average Bonchev–Trinajstić information content (AvgIpc) is 3.07. The van der Waals surface area contributed by atoms with Crippen molar-refractivity contribution < 1.29 is 12.9 Å². The van der Waals surface area contributed by atoms with Gasteiger partial charge in [-0.3, -0.25) is 4.90 Å². The van der Waals surface area contributed by atoms with E-state index in [-0.39, 0.29) is 4.90 Å². The molecule has 0 atom stereocenters. The van der Waals surface area contributed by atoms with Gasteiger partial charge in [0.15, 0.2) is 5.82 Å². The van der Waals surface area contributed by atoms with Crippen LogP contribution in [-0.2, 0) is 23.0 Å². The van der Waals surface area contributed by atoms with Crippen LogP contribution in [0.15, 0.2) is 33.7 Å². The molecular weight excluding hydrogens is 354 g/mol. The molecule has 0 radical (unpaired) electrons. The lowest BCUT2D eigenvalue weighted by Crippen LogP contribution is -2.46. The molecule has 1 aliphatic rings. The summed E-state index contributed by atoms with van der Waals surface area (Å²) in [5.41, 5.74) is 0.997. The number of aromatic nitrogens is 2. The minimum atomic E-state index is -3.65. The first-order chi connectivity index (χ1) is 12.5. The zero-order valence-corrected chi connectivity index (χ0v) is 15.8. The molecule has 2 heterocycles. The fraction of sp³-hybridized carbons (Fsp3) is 0.529. The van der Waals surface area contributed by atoms with E-state index in [2.05, 4.69) is 26.9 Å². The SMILES string of the molecule is CCCCc1noc(CN2CCN(c3ccc(S(N)(=O)=O)cc3)CC2)n1. The largest absolute Gasteiger partial charge is 0.369 e. The molecule has 26 heavy (non-hydrogen) atoms. The second-order valence-electron chi connectivity index (χ2n) is 6.51. The zero-order chi connectivity index (χ0) is 18.6. The fourth-order valence-electron chi connectivity index (χ4n) is 2.99. The van der Waals surface area contributed by atoms with Gasteiger partial charge in [0.1, 0.15) is 0 Å². The topological polar surface area (TPSA) is 106 Å². The van der Waals surface area contributed by atoms with Crippen molar-refractivity contribution in [3.05, 3.63) is 36.0 Å². The Morgan fingerprint density at radius 3 is 2.46 bits per heavy atom. The molecule has 8 nitrogen and oxygen atoms in total. The molecule has 142 valence electrons. The Labute approximate surface area is 154 Å². The third kappa shape index (κ3) is 4.80. The molecule has 9 heteroatoms. The summed E-state index contributed by atoms with van der Waals surface area (Å²) >= 11 is 0. The van der Waals surface area contributed by atoms with E-state index in [0.29, 0.717) is 12.4 Å². The van der Waals surface area contributed by atoms with Gasteiger partial charge < -0.3 is 9.42 Å². The third-order valence-corrected chi connectivity index (χ3v) is 5.45. The number of sulfonamides is 1. The number of benzene rings is 1. The normalized spacial score (nSPS) is 16.2. The van der Waals surface area contributed by atoms with E-state index in [1.54, 1.807) is 24.3 Å². The predicted molar refractivity (Wildman–Crippen MR) is 98.2 cm³/mol. The van der Waals surface area contributed by atoms with Gasteiger partial charge in [-0.1, -0.05) is 18.5 Å². The Balaban J connectivity index is 1.52. The maximum Gasteiger partial charge on any atom is 0.240 e. The van der Waals surface area contributed by atoms with Gasteiger partial charge in [-0.25, -0.2) is 13.6 Å². The summed E-state index contributed by atoms with van der Waals surface area (Å²) in [5.74, 6) is 1.46. The molecule has 1 aliphatic heterocycles. The molecule has 0 aliphatic carbocycles. The number of anilines is 1. The number of nitrogens with zero attached hydrogens (tertiary/aromatic N) is 4. The second-order valence-corrected chi connectivity index (χ2v) is 8.07. The number of aryl methyl sites for hydroxylation is 1. The monoisotopic (exact) mass is 379 g/mol. The molecule has 3 rings (SSSR count). The summed E-state index contributed by atoms with van der Waals surface area (Å²) in [4.78, 5) is 9.09. The van der Waals surface area contributed by atoms with Crippen molar-refractivity contribution in [2.45, 2.75) is 37.6 Å². The number of nitrogens with two attached hydrogens (primary N) is 1. The van der Waals surface area contributed by atoms with Gasteiger partial charge in [-0.15, -0.1) is 0 Å². The van der Waals surface area contributed by atoms with Crippen LogP contribution in [0.25, 0.3) is 0 Å². The highest BCUT2D eigenvalue weighted by Crippen LogP contribution is 2.19. The first-order valence-electron chi connectivity index (χ1n) is 8.87. The van der Waals surface area contributed by atoms with Crippen molar-refractivity contribution in [3.8, 4) is 0 Å². The van der Waals surface area contributed by atoms with Crippen molar-refractivity contribution in [1.29, 1.82) is 0 Å². The molecule has 1 aromatic heterocycles. The Morgan fingerprint density at radius 1 is 1.15 bits per heavy atom. The van der Waals surface area contributed by atoms with E-state index < -0.39 is 10.0 Å². The molecule has 0 bridgehead atoms. The Morgan fingerprint density at radius 2 is 1.85 bits per heavy atom. The van der Waals surface area contributed by atoms with Gasteiger partial charge in [0, 0.05) is 38.3 Å². The summed E-state index contributed by atoms with van der Waals surface area (Å²) < 4.78 is 28.0. The molecule has 0 spiro atoms. The Kier molecular flexibility index (Phi) is 5.90. The minimum absolute atomic E-state index is 0.134. The van der Waals surface area contributed by atoms with E-state index in [0.717, 1.165) is 57.0 Å². The smallest absolute Gasteiger partial charge is 0.240 e. The molecule has 0 unspecified atom stereocenters. The van der Waals surface area contributed by atoms with Crippen molar-refractivity contribution >= 4 is 15.7 Å². The lowest BCUT2D eigenvalue weighted by Gasteiger charge is -2.35. The lowest BCUT2D eigenvalue weighted by molar-refractivity contribution is 0.215. The van der Waals surface area contributed by atoms with Crippen LogP contribution in [0.2, 0.25) is 0 Å². The first kappa shape index (κ1) is 18.8. The standard InChI is InChI=1S/C17H25N5O3S/c1-2-3-4-16-19-17(25-20-16)13-21-9-11-22(12-10-21)14-5-7-15(8-6-14)26(18,23)24/h5-8H,2-4,9-13H2,1H3,(H2,18,23,24). The molecule has 1 fully saturated rings. The van der Waals surface area contributed by atoms with Crippen LogP contribution in [-0.4, -0.2) is 49.6 Å². The minimum Gasteiger partial charge on any atom is -0.369 e. The Hall–Kier alpha value is -1.97. The molecule has 2 aromatic rings. The highest BCUT2D eigenvalue weighted by atomic mass is 32.2. The van der Waals surface area contributed by atoms with Crippen molar-refractivity contribution in [2.75, 3.05) is 31.1 Å². The Bertz CT molecular complexity index is 811. The van der Waals surface area contributed by atoms with Crippen LogP contribution in [0.3, 0.4) is 0 Å². The van der Waals surface area contributed by atoms with Gasteiger partial charge in [0.25, 0.3) is 0 Å². The third-order valence-electron chi connectivity index (χ3n) is 4.53. The molecular formula is C17H25N5O3S. The summed E-state index contributed by atoms with van der Waals surface area (Å²) in [6, 6.07) is 6.70. The van der Waals surface area contributed by atoms with Gasteiger partial charge in [-0.2, -0.15) is 4.98 Å². The van der Waals surface area contributed by atoms with Crippen LogP contribution in [0.5, 0.6) is 0 Å². The number of primary sulfonamides is 1. The summed E-state index contributed by atoms with van der Waals surface area (Å²) in [7, 11) is -3.65. The average molecular weight is 379 g/mol. The van der Waals surface area contributed by atoms with Crippen LogP contribution in [0.1, 0.15) is 31.5 Å². The molecule has 1 saturated heterocycles. The van der Waals surface area contributed by atoms with Crippen LogP contribution >= 0.6 is 0 Å². The molecule has 0 amide bonds. The van der Waals surface area contributed by atoms with Gasteiger partial charge >= 0.3 is 0 Å². The molecule has 1 aromatic carbocycles. The van der Waals surface area contributed by atoms with E-state index in [1.807, 2.05) is 0 Å². The summed E-state index contributed by atoms with van der Waals surface area (Å²) in [5, 5.41) is 9.16. The number of rotatable bonds is 7. The zero-order valence-electron chi connectivity index (χ0n) is 15.0. The quantitative estimate of drug-likeness (QED) is 0.775. The van der Waals surface area contributed by atoms with Gasteiger partial charge in [-0.05, 0) is 30.7 Å². The van der Waals surface area contributed by atoms with Gasteiger partial charge in [0.2, 0.25) is 15.9 Å². The van der Waals surface area contributed by atoms with Crippen molar-refractivity contribution in [3.63, 3.8) is 0 Å².